The fraction of sp³-hybridized carbons (Fsp3) is 0.516. The van der Waals surface area contributed by atoms with E-state index in [2.05, 4.69) is 12.2 Å². The number of piperidine rings is 1. The summed E-state index contributed by atoms with van der Waals surface area (Å²) in [5.74, 6) is 0.872. The van der Waals surface area contributed by atoms with Crippen molar-refractivity contribution in [1.29, 1.82) is 0 Å². The number of rotatable bonds is 5. The maximum Gasteiger partial charge on any atom is 0.412 e. The van der Waals surface area contributed by atoms with Gasteiger partial charge in [-0.05, 0) is 87.9 Å². The summed E-state index contributed by atoms with van der Waals surface area (Å²) in [6, 6.07) is 11.0. The third-order valence-corrected chi connectivity index (χ3v) is 8.73. The Labute approximate surface area is 251 Å². The molecule has 0 spiro atoms. The average molecular weight is 607 g/mol. The van der Waals surface area contributed by atoms with Crippen LogP contribution in [0.15, 0.2) is 42.5 Å². The number of hydrogen-bond donors (Lipinski definition) is 1. The first-order valence-electron chi connectivity index (χ1n) is 14.2. The number of ether oxygens (including phenoxy) is 1. The molecular weight excluding hydrogens is 568 g/mol. The van der Waals surface area contributed by atoms with Crippen LogP contribution in [0.5, 0.6) is 5.75 Å². The van der Waals surface area contributed by atoms with Gasteiger partial charge < -0.3 is 19.9 Å². The van der Waals surface area contributed by atoms with Gasteiger partial charge in [-0.1, -0.05) is 36.2 Å². The molecule has 1 atom stereocenters. The largest absolute Gasteiger partial charge is 0.412 e. The third-order valence-electron chi connectivity index (χ3n) is 7.99. The second kappa shape index (κ2) is 13.4. The van der Waals surface area contributed by atoms with Crippen LogP contribution in [-0.4, -0.2) is 59.9 Å². The molecule has 2 aromatic carbocycles. The van der Waals surface area contributed by atoms with Gasteiger partial charge in [0.25, 0.3) is 0 Å². The molecule has 2 heterocycles. The lowest BCUT2D eigenvalue weighted by Crippen LogP contribution is -2.45. The number of nitrogens with one attached hydrogen (secondary N) is 1. The molecule has 1 aliphatic carbocycles. The first-order chi connectivity index (χ1) is 19.4. The predicted molar refractivity (Wildman–Crippen MR) is 158 cm³/mol. The number of likely N-dealkylation sites (tertiary alicyclic amines) is 2. The minimum absolute atomic E-state index is 0.0166. The predicted octanol–water partition coefficient (Wildman–Crippen LogP) is 6.67. The lowest BCUT2D eigenvalue weighted by molar-refractivity contribution is -0.142. The number of carbonyl (C=O) groups excluding carboxylic acids is 3. The van der Waals surface area contributed by atoms with Gasteiger partial charge in [0.15, 0.2) is 0 Å². The van der Waals surface area contributed by atoms with Crippen molar-refractivity contribution >= 4 is 41.1 Å². The maximum absolute atomic E-state index is 13.0. The average Bonchev–Trinajstić information content (AvgIpc) is 3.50. The quantitative estimate of drug-likeness (QED) is 0.413. The highest BCUT2D eigenvalue weighted by atomic mass is 35.5. The van der Waals surface area contributed by atoms with E-state index in [4.69, 9.17) is 27.9 Å². The molecule has 0 radical (unpaired) electrons. The van der Waals surface area contributed by atoms with Crippen molar-refractivity contribution < 1.29 is 23.5 Å². The van der Waals surface area contributed by atoms with Gasteiger partial charge in [-0.2, -0.15) is 0 Å². The topological polar surface area (TPSA) is 79.0 Å². The van der Waals surface area contributed by atoms with E-state index < -0.39 is 6.09 Å². The summed E-state index contributed by atoms with van der Waals surface area (Å²) in [5.41, 5.74) is 1.04. The van der Waals surface area contributed by atoms with Crippen LogP contribution in [0.4, 0.5) is 9.18 Å². The number of hydrogen-bond acceptors (Lipinski definition) is 4. The summed E-state index contributed by atoms with van der Waals surface area (Å²) in [6.07, 6.45) is 4.01. The van der Waals surface area contributed by atoms with Crippen LogP contribution < -0.4 is 10.1 Å². The fourth-order valence-corrected chi connectivity index (χ4v) is 5.55. The summed E-state index contributed by atoms with van der Waals surface area (Å²) in [7, 11) is 0. The summed E-state index contributed by atoms with van der Waals surface area (Å²) in [5, 5.41) is 3.68. The van der Waals surface area contributed by atoms with Gasteiger partial charge in [-0.3, -0.25) is 9.59 Å². The van der Waals surface area contributed by atoms with E-state index in [1.807, 2.05) is 41.8 Å². The maximum atomic E-state index is 13.0. The van der Waals surface area contributed by atoms with Crippen LogP contribution in [0.1, 0.15) is 64.4 Å². The highest BCUT2D eigenvalue weighted by molar-refractivity contribution is 6.42. The Morgan fingerprint density at radius 1 is 0.951 bits per heavy atom. The zero-order chi connectivity index (χ0) is 29.7. The van der Waals surface area contributed by atoms with Crippen molar-refractivity contribution in [3.05, 3.63) is 63.9 Å². The Morgan fingerprint density at radius 3 is 2.17 bits per heavy atom. The molecule has 10 heteroatoms. The molecule has 2 aromatic rings. The van der Waals surface area contributed by atoms with E-state index in [0.717, 1.165) is 63.8 Å². The van der Waals surface area contributed by atoms with Gasteiger partial charge in [0.05, 0.1) is 10.0 Å². The zero-order valence-corrected chi connectivity index (χ0v) is 25.3. The van der Waals surface area contributed by atoms with Crippen LogP contribution >= 0.6 is 23.2 Å². The van der Waals surface area contributed by atoms with Crippen LogP contribution in [0.2, 0.25) is 10.0 Å². The highest BCUT2D eigenvalue weighted by Gasteiger charge is 2.48. The second-order valence-electron chi connectivity index (χ2n) is 11.7. The van der Waals surface area contributed by atoms with Crippen LogP contribution in [-0.2, 0) is 9.59 Å². The molecule has 3 fully saturated rings. The van der Waals surface area contributed by atoms with Gasteiger partial charge in [0, 0.05) is 49.5 Å². The Kier molecular flexibility index (Phi) is 10.2. The summed E-state index contributed by atoms with van der Waals surface area (Å²) < 4.78 is 17.3. The number of benzene rings is 2. The Hall–Kier alpha value is -2.84. The van der Waals surface area contributed by atoms with Crippen molar-refractivity contribution in [1.82, 2.24) is 15.1 Å². The molecule has 2 aliphatic heterocycles. The van der Waals surface area contributed by atoms with E-state index in [1.54, 1.807) is 0 Å². The third kappa shape index (κ3) is 8.35. The molecule has 3 aliphatic rings. The van der Waals surface area contributed by atoms with E-state index in [9.17, 15) is 18.8 Å². The van der Waals surface area contributed by atoms with Gasteiger partial charge in [-0.25, -0.2) is 9.18 Å². The first-order valence-corrected chi connectivity index (χ1v) is 15.0. The van der Waals surface area contributed by atoms with Crippen molar-refractivity contribution in [3.63, 3.8) is 0 Å². The van der Waals surface area contributed by atoms with Gasteiger partial charge in [-0.15, -0.1) is 0 Å². The summed E-state index contributed by atoms with van der Waals surface area (Å²) in [6.45, 7) is 8.68. The van der Waals surface area contributed by atoms with Gasteiger partial charge >= 0.3 is 6.09 Å². The molecular formula is C31H38Cl2FN3O4. The summed E-state index contributed by atoms with van der Waals surface area (Å²) >= 11 is 12.2. The van der Waals surface area contributed by atoms with Crippen LogP contribution in [0, 0.1) is 17.2 Å². The molecule has 1 saturated carbocycles. The molecule has 222 valence electrons. The zero-order valence-electron chi connectivity index (χ0n) is 23.8. The number of halogens is 3. The van der Waals surface area contributed by atoms with Crippen LogP contribution in [0.25, 0.3) is 0 Å². The molecule has 7 nitrogen and oxygen atoms in total. The number of carbonyl (C=O) groups is 3. The molecule has 1 N–H and O–H groups in total. The van der Waals surface area contributed by atoms with Gasteiger partial charge in [0.2, 0.25) is 11.8 Å². The SMILES string of the molecule is CC(C)NC(=O)Oc1ccc(F)cc1.CC1(C(=O)N2CCC(C(=O)N3CCC(c4ccc(Cl)c(Cl)c4)C3)CC2)CC1. The van der Waals surface area contributed by atoms with Crippen molar-refractivity contribution in [2.45, 2.75) is 64.8 Å². The van der Waals surface area contributed by atoms with E-state index >= 15 is 0 Å². The van der Waals surface area contributed by atoms with Crippen molar-refractivity contribution in [2.75, 3.05) is 26.2 Å². The Morgan fingerprint density at radius 2 is 1.59 bits per heavy atom. The van der Waals surface area contributed by atoms with Crippen LogP contribution in [0.3, 0.4) is 0 Å². The fourth-order valence-electron chi connectivity index (χ4n) is 5.24. The molecule has 41 heavy (non-hydrogen) atoms. The summed E-state index contributed by atoms with van der Waals surface area (Å²) in [4.78, 5) is 40.5. The van der Waals surface area contributed by atoms with E-state index in [-0.39, 0.29) is 35.0 Å². The molecule has 5 rings (SSSR count). The lowest BCUT2D eigenvalue weighted by atomic mass is 9.94. The standard InChI is InChI=1S/C21H26Cl2N2O2.C10H12FNO2/c1-21(7-8-21)20(27)24-9-4-14(5-10-24)19(26)25-11-6-16(13-25)15-2-3-17(22)18(23)12-15;1-7(2)12-10(13)14-9-5-3-8(11)4-6-9/h2-3,12,14,16H,4-11,13H2,1H3;3-7H,1-2H3,(H,12,13). The first kappa shape index (κ1) is 31.1. The number of nitrogens with zero attached hydrogens (tertiary/aromatic N) is 2. The highest BCUT2D eigenvalue weighted by Crippen LogP contribution is 2.47. The Bertz CT molecular complexity index is 1240. The minimum atomic E-state index is -0.536. The van der Waals surface area contributed by atoms with Gasteiger partial charge in [0.1, 0.15) is 11.6 Å². The normalized spacial score (nSPS) is 19.8. The molecule has 2 saturated heterocycles. The second-order valence-corrected chi connectivity index (χ2v) is 12.5. The Balaban J connectivity index is 0.000000234. The lowest BCUT2D eigenvalue weighted by Gasteiger charge is -2.34. The smallest absolute Gasteiger partial charge is 0.410 e. The monoisotopic (exact) mass is 605 g/mol. The minimum Gasteiger partial charge on any atom is -0.410 e. The van der Waals surface area contributed by atoms with Crippen molar-refractivity contribution in [3.8, 4) is 5.75 Å². The van der Waals surface area contributed by atoms with E-state index in [0.29, 0.717) is 21.7 Å². The van der Waals surface area contributed by atoms with E-state index in [1.165, 1.54) is 24.3 Å². The van der Waals surface area contributed by atoms with Crippen molar-refractivity contribution in [2.24, 2.45) is 11.3 Å². The molecule has 0 aromatic heterocycles. The molecule has 0 bridgehead atoms. The number of amides is 3. The molecule has 3 amide bonds. The molecule has 1 unspecified atom stereocenters.